The number of allylic oxidation sites excluding steroid dienone is 2. The zero-order chi connectivity index (χ0) is 10.3. The first kappa shape index (κ1) is 8.85. The van der Waals surface area contributed by atoms with Gasteiger partial charge in [-0.1, -0.05) is 6.08 Å². The van der Waals surface area contributed by atoms with Crippen LogP contribution in [-0.2, 0) is 0 Å². The lowest BCUT2D eigenvalue weighted by atomic mass is 10.3. The number of rotatable bonds is 1. The molecule has 0 aromatic carbocycles. The number of hydrogen-bond acceptors (Lipinski definition) is 2. The van der Waals surface area contributed by atoms with Crippen molar-refractivity contribution in [3.63, 3.8) is 0 Å². The summed E-state index contributed by atoms with van der Waals surface area (Å²) < 4.78 is 2.80. The monoisotopic (exact) mass is 217 g/mol. The first-order valence-electron chi connectivity index (χ1n) is 5.11. The number of imidazole rings is 1. The van der Waals surface area contributed by atoms with Crippen molar-refractivity contribution < 1.29 is 0 Å². The molecule has 1 aliphatic carbocycles. The van der Waals surface area contributed by atoms with Gasteiger partial charge in [0, 0.05) is 11.9 Å². The summed E-state index contributed by atoms with van der Waals surface area (Å²) in [6.07, 6.45) is 7.51. The molecule has 2 aromatic rings. The summed E-state index contributed by atoms with van der Waals surface area (Å²) in [5, 5.41) is 0. The first-order valence-corrected chi connectivity index (χ1v) is 5.52. The Hall–Kier alpha value is -1.42. The maximum absolute atomic E-state index is 5.32. The Labute approximate surface area is 92.5 Å². The number of pyridine rings is 1. The van der Waals surface area contributed by atoms with Crippen LogP contribution in [0.25, 0.3) is 16.9 Å². The fourth-order valence-corrected chi connectivity index (χ4v) is 2.38. The maximum Gasteiger partial charge on any atom is 0.183 e. The fraction of sp³-hybridized carbons (Fsp3) is 0.273. The number of nitrogens with one attached hydrogen (secondary N) is 1. The topological polar surface area (TPSA) is 33.6 Å². The van der Waals surface area contributed by atoms with Crippen LogP contribution in [0.15, 0.2) is 24.4 Å². The lowest BCUT2D eigenvalue weighted by molar-refractivity contribution is 0.903. The number of nitrogens with zero attached hydrogens (tertiary/aromatic N) is 2. The highest BCUT2D eigenvalue weighted by molar-refractivity contribution is 7.71. The molecule has 2 heterocycles. The smallest absolute Gasteiger partial charge is 0.183 e. The van der Waals surface area contributed by atoms with Crippen LogP contribution in [0.4, 0.5) is 0 Å². The van der Waals surface area contributed by atoms with E-state index >= 15 is 0 Å². The van der Waals surface area contributed by atoms with Gasteiger partial charge in [-0.15, -0.1) is 0 Å². The van der Waals surface area contributed by atoms with Gasteiger partial charge in [0.2, 0.25) is 0 Å². The lowest BCUT2D eigenvalue weighted by Crippen LogP contribution is -1.95. The molecule has 0 radical (unpaired) electrons. The summed E-state index contributed by atoms with van der Waals surface area (Å²) in [4.78, 5) is 7.55. The molecule has 0 bridgehead atoms. The zero-order valence-corrected chi connectivity index (χ0v) is 9.05. The molecule has 0 atom stereocenters. The Morgan fingerprint density at radius 1 is 1.47 bits per heavy atom. The van der Waals surface area contributed by atoms with Crippen molar-refractivity contribution in [1.82, 2.24) is 14.5 Å². The molecule has 2 aromatic heterocycles. The molecule has 0 unspecified atom stereocenters. The number of H-pyrrole nitrogens is 1. The van der Waals surface area contributed by atoms with Crippen LogP contribution < -0.4 is 0 Å². The third-order valence-corrected chi connectivity index (χ3v) is 3.03. The van der Waals surface area contributed by atoms with E-state index in [9.17, 15) is 0 Å². The van der Waals surface area contributed by atoms with Crippen molar-refractivity contribution in [1.29, 1.82) is 0 Å². The molecule has 0 amide bonds. The summed E-state index contributed by atoms with van der Waals surface area (Å²) >= 11 is 5.32. The van der Waals surface area contributed by atoms with Gasteiger partial charge in [-0.25, -0.2) is 4.98 Å². The fourth-order valence-electron chi connectivity index (χ4n) is 2.06. The minimum atomic E-state index is 0.747. The van der Waals surface area contributed by atoms with Crippen LogP contribution in [0.5, 0.6) is 0 Å². The number of hydrogen-bond donors (Lipinski definition) is 1. The molecule has 1 aliphatic rings. The van der Waals surface area contributed by atoms with E-state index in [-0.39, 0.29) is 0 Å². The van der Waals surface area contributed by atoms with Crippen molar-refractivity contribution in [2.45, 2.75) is 19.3 Å². The van der Waals surface area contributed by atoms with E-state index < -0.39 is 0 Å². The second-order valence-electron chi connectivity index (χ2n) is 3.73. The number of aromatic amines is 1. The standard InChI is InChI=1S/C11H11N3S/c15-11-13-9-6-3-7-12-10(9)14(11)8-4-1-2-5-8/h3-4,6-7H,1-2,5H2,(H,13,15). The van der Waals surface area contributed by atoms with Crippen molar-refractivity contribution in [3.05, 3.63) is 29.2 Å². The van der Waals surface area contributed by atoms with E-state index in [0.717, 1.165) is 28.8 Å². The molecule has 3 nitrogen and oxygen atoms in total. The van der Waals surface area contributed by atoms with Crippen molar-refractivity contribution in [3.8, 4) is 0 Å². The Morgan fingerprint density at radius 3 is 3.20 bits per heavy atom. The van der Waals surface area contributed by atoms with Gasteiger partial charge >= 0.3 is 0 Å². The molecule has 0 saturated carbocycles. The van der Waals surface area contributed by atoms with Crippen molar-refractivity contribution in [2.24, 2.45) is 0 Å². The van der Waals surface area contributed by atoms with Gasteiger partial charge in [0.15, 0.2) is 10.4 Å². The predicted octanol–water partition coefficient (Wildman–Crippen LogP) is 3.12. The highest BCUT2D eigenvalue weighted by atomic mass is 32.1. The molecular formula is C11H11N3S. The van der Waals surface area contributed by atoms with Crippen molar-refractivity contribution in [2.75, 3.05) is 0 Å². The van der Waals surface area contributed by atoms with Crippen LogP contribution in [-0.4, -0.2) is 14.5 Å². The van der Waals surface area contributed by atoms with Gasteiger partial charge in [0.05, 0.1) is 5.52 Å². The van der Waals surface area contributed by atoms with E-state index in [2.05, 4.69) is 20.6 Å². The van der Waals surface area contributed by atoms with Crippen LogP contribution in [0.3, 0.4) is 0 Å². The third-order valence-electron chi connectivity index (χ3n) is 2.75. The Kier molecular flexibility index (Phi) is 1.95. The molecular weight excluding hydrogens is 206 g/mol. The number of aromatic nitrogens is 3. The molecule has 0 aliphatic heterocycles. The SMILES string of the molecule is S=c1[nH]c2cccnc2n1C1=CCCC1. The van der Waals surface area contributed by atoms with Gasteiger partial charge < -0.3 is 4.98 Å². The molecule has 3 rings (SSSR count). The molecule has 4 heteroatoms. The summed E-state index contributed by atoms with van der Waals surface area (Å²) in [6.45, 7) is 0. The van der Waals surface area contributed by atoms with Crippen LogP contribution in [0.1, 0.15) is 19.3 Å². The van der Waals surface area contributed by atoms with Crippen LogP contribution >= 0.6 is 12.2 Å². The molecule has 76 valence electrons. The van der Waals surface area contributed by atoms with Gasteiger partial charge in [-0.2, -0.15) is 0 Å². The van der Waals surface area contributed by atoms with Crippen LogP contribution in [0, 0.1) is 4.77 Å². The first-order chi connectivity index (χ1) is 7.36. The molecule has 15 heavy (non-hydrogen) atoms. The highest BCUT2D eigenvalue weighted by Gasteiger charge is 2.12. The second-order valence-corrected chi connectivity index (χ2v) is 4.11. The quantitative estimate of drug-likeness (QED) is 0.744. The number of fused-ring (bicyclic) bond motifs is 1. The highest BCUT2D eigenvalue weighted by Crippen LogP contribution is 2.25. The Morgan fingerprint density at radius 2 is 2.40 bits per heavy atom. The summed E-state index contributed by atoms with van der Waals surface area (Å²) in [7, 11) is 0. The van der Waals surface area contributed by atoms with Gasteiger partial charge in [0.1, 0.15) is 0 Å². The van der Waals surface area contributed by atoms with E-state index in [1.54, 1.807) is 6.20 Å². The molecule has 0 fully saturated rings. The van der Waals surface area contributed by atoms with Gasteiger partial charge in [0.25, 0.3) is 0 Å². The molecule has 1 N–H and O–H groups in total. The Balaban J connectivity index is 2.33. The summed E-state index contributed by atoms with van der Waals surface area (Å²) in [5.41, 5.74) is 3.23. The lowest BCUT2D eigenvalue weighted by Gasteiger charge is -2.03. The average molecular weight is 217 g/mol. The normalized spacial score (nSPS) is 15.9. The Bertz CT molecular complexity index is 591. The van der Waals surface area contributed by atoms with Crippen molar-refractivity contribution >= 4 is 29.1 Å². The largest absolute Gasteiger partial charge is 0.329 e. The summed E-state index contributed by atoms with van der Waals surface area (Å²) in [6, 6.07) is 3.92. The summed E-state index contributed by atoms with van der Waals surface area (Å²) in [5.74, 6) is 0. The zero-order valence-electron chi connectivity index (χ0n) is 8.23. The van der Waals surface area contributed by atoms with Gasteiger partial charge in [-0.3, -0.25) is 4.57 Å². The average Bonchev–Trinajstić information content (AvgIpc) is 2.82. The predicted molar refractivity (Wildman–Crippen MR) is 63.0 cm³/mol. The van der Waals surface area contributed by atoms with E-state index in [4.69, 9.17) is 12.2 Å². The van der Waals surface area contributed by atoms with E-state index in [1.807, 2.05) is 12.1 Å². The van der Waals surface area contributed by atoms with E-state index in [0.29, 0.717) is 0 Å². The molecule has 0 saturated heterocycles. The molecule has 0 spiro atoms. The minimum absolute atomic E-state index is 0.747. The second kappa shape index (κ2) is 3.31. The minimum Gasteiger partial charge on any atom is -0.329 e. The third kappa shape index (κ3) is 1.33. The van der Waals surface area contributed by atoms with Crippen LogP contribution in [0.2, 0.25) is 0 Å². The van der Waals surface area contributed by atoms with E-state index in [1.165, 1.54) is 12.1 Å². The van der Waals surface area contributed by atoms with Gasteiger partial charge in [-0.05, 0) is 43.6 Å². The maximum atomic E-state index is 5.32.